The van der Waals surface area contributed by atoms with E-state index in [4.69, 9.17) is 4.74 Å². The van der Waals surface area contributed by atoms with E-state index in [9.17, 15) is 4.79 Å². The van der Waals surface area contributed by atoms with Crippen molar-refractivity contribution in [1.82, 2.24) is 20.0 Å². The molecule has 3 aromatic carbocycles. The van der Waals surface area contributed by atoms with E-state index in [0.717, 1.165) is 32.6 Å². The molecule has 0 spiro atoms. The number of thiazole rings is 1. The summed E-state index contributed by atoms with van der Waals surface area (Å²) in [4.78, 5) is 17.1. The standard InChI is InChI=1S/C22H17N5O2S/c1-29-16-10-11-18-20(12-16)30-22(23-18)24-21(28)15-8-6-14(7-9-15)13-27-19-5-3-2-4-17(19)25-26-27/h2-12H,13H2,1H3,(H,23,24,28). The lowest BCUT2D eigenvalue weighted by Crippen LogP contribution is -2.11. The number of fused-ring (bicyclic) bond motifs is 2. The van der Waals surface area contributed by atoms with Crippen LogP contribution >= 0.6 is 11.3 Å². The number of para-hydroxylation sites is 1. The molecule has 30 heavy (non-hydrogen) atoms. The molecule has 0 fully saturated rings. The summed E-state index contributed by atoms with van der Waals surface area (Å²) in [6, 6.07) is 20.9. The van der Waals surface area contributed by atoms with Gasteiger partial charge in [-0.3, -0.25) is 10.1 Å². The van der Waals surface area contributed by atoms with Gasteiger partial charge in [-0.25, -0.2) is 9.67 Å². The lowest BCUT2D eigenvalue weighted by atomic mass is 10.1. The first-order valence-electron chi connectivity index (χ1n) is 9.33. The summed E-state index contributed by atoms with van der Waals surface area (Å²) in [6.07, 6.45) is 0. The number of aromatic nitrogens is 4. The molecule has 2 heterocycles. The Morgan fingerprint density at radius 2 is 1.90 bits per heavy atom. The average Bonchev–Trinajstić information content (AvgIpc) is 3.37. The van der Waals surface area contributed by atoms with Gasteiger partial charge in [-0.05, 0) is 48.0 Å². The van der Waals surface area contributed by atoms with E-state index in [1.54, 1.807) is 19.2 Å². The van der Waals surface area contributed by atoms with Crippen molar-refractivity contribution in [3.05, 3.63) is 77.9 Å². The van der Waals surface area contributed by atoms with E-state index in [1.807, 2.05) is 59.3 Å². The Morgan fingerprint density at radius 3 is 2.73 bits per heavy atom. The van der Waals surface area contributed by atoms with E-state index in [2.05, 4.69) is 20.6 Å². The molecule has 0 radical (unpaired) electrons. The van der Waals surface area contributed by atoms with Gasteiger partial charge in [0.15, 0.2) is 5.13 Å². The van der Waals surface area contributed by atoms with Gasteiger partial charge in [-0.15, -0.1) is 5.10 Å². The number of methoxy groups -OCH3 is 1. The molecule has 0 aliphatic heterocycles. The van der Waals surface area contributed by atoms with Crippen molar-refractivity contribution in [2.45, 2.75) is 6.54 Å². The van der Waals surface area contributed by atoms with Crippen LogP contribution in [0.15, 0.2) is 66.7 Å². The summed E-state index contributed by atoms with van der Waals surface area (Å²) in [5.74, 6) is 0.568. The van der Waals surface area contributed by atoms with Gasteiger partial charge >= 0.3 is 0 Å². The second-order valence-electron chi connectivity index (χ2n) is 6.74. The van der Waals surface area contributed by atoms with Crippen LogP contribution in [0.4, 0.5) is 5.13 Å². The molecule has 0 unspecified atom stereocenters. The molecule has 148 valence electrons. The highest BCUT2D eigenvalue weighted by atomic mass is 32.1. The molecule has 1 N–H and O–H groups in total. The van der Waals surface area contributed by atoms with Crippen LogP contribution < -0.4 is 10.1 Å². The number of nitrogens with zero attached hydrogens (tertiary/aromatic N) is 4. The van der Waals surface area contributed by atoms with Crippen molar-refractivity contribution in [2.24, 2.45) is 0 Å². The second kappa shape index (κ2) is 7.57. The normalized spacial score (nSPS) is 11.1. The molecule has 0 aliphatic rings. The van der Waals surface area contributed by atoms with Crippen LogP contribution in [0, 0.1) is 0 Å². The number of ether oxygens (including phenoxy) is 1. The first-order chi connectivity index (χ1) is 14.7. The largest absolute Gasteiger partial charge is 0.497 e. The minimum Gasteiger partial charge on any atom is -0.497 e. The number of carbonyl (C=O) groups excluding carboxylic acids is 1. The van der Waals surface area contributed by atoms with Crippen LogP contribution in [0.2, 0.25) is 0 Å². The van der Waals surface area contributed by atoms with Crippen molar-refractivity contribution >= 4 is 43.6 Å². The van der Waals surface area contributed by atoms with Crippen molar-refractivity contribution < 1.29 is 9.53 Å². The number of amides is 1. The van der Waals surface area contributed by atoms with E-state index < -0.39 is 0 Å². The maximum Gasteiger partial charge on any atom is 0.257 e. The third kappa shape index (κ3) is 3.48. The van der Waals surface area contributed by atoms with Crippen LogP contribution in [0.1, 0.15) is 15.9 Å². The molecule has 2 aromatic heterocycles. The summed E-state index contributed by atoms with van der Waals surface area (Å²) in [5.41, 5.74) is 4.27. The minimum atomic E-state index is -0.196. The van der Waals surface area contributed by atoms with E-state index in [0.29, 0.717) is 17.2 Å². The average molecular weight is 415 g/mol. The summed E-state index contributed by atoms with van der Waals surface area (Å²) >= 11 is 1.42. The number of carbonyl (C=O) groups is 1. The van der Waals surface area contributed by atoms with Crippen LogP contribution in [0.3, 0.4) is 0 Å². The Labute approximate surface area is 175 Å². The van der Waals surface area contributed by atoms with Crippen molar-refractivity contribution in [2.75, 3.05) is 12.4 Å². The van der Waals surface area contributed by atoms with Gasteiger partial charge in [0, 0.05) is 5.56 Å². The molecule has 0 saturated carbocycles. The van der Waals surface area contributed by atoms with Gasteiger partial charge < -0.3 is 4.74 Å². The van der Waals surface area contributed by atoms with E-state index in [-0.39, 0.29) is 5.91 Å². The Kier molecular flexibility index (Phi) is 4.61. The molecule has 1 amide bonds. The minimum absolute atomic E-state index is 0.196. The number of anilines is 1. The van der Waals surface area contributed by atoms with E-state index >= 15 is 0 Å². The lowest BCUT2D eigenvalue weighted by Gasteiger charge is -2.05. The molecule has 5 aromatic rings. The lowest BCUT2D eigenvalue weighted by molar-refractivity contribution is 0.102. The third-order valence-corrected chi connectivity index (χ3v) is 5.72. The number of rotatable bonds is 5. The van der Waals surface area contributed by atoms with Gasteiger partial charge in [0.25, 0.3) is 5.91 Å². The number of hydrogen-bond donors (Lipinski definition) is 1. The second-order valence-corrected chi connectivity index (χ2v) is 7.77. The zero-order chi connectivity index (χ0) is 20.5. The fourth-order valence-electron chi connectivity index (χ4n) is 3.22. The molecule has 7 nitrogen and oxygen atoms in total. The molecule has 0 bridgehead atoms. The molecule has 5 rings (SSSR count). The highest BCUT2D eigenvalue weighted by Gasteiger charge is 2.11. The Balaban J connectivity index is 1.30. The first kappa shape index (κ1) is 18.3. The Morgan fingerprint density at radius 1 is 1.07 bits per heavy atom. The topological polar surface area (TPSA) is 81.9 Å². The number of hydrogen-bond acceptors (Lipinski definition) is 6. The maximum absolute atomic E-state index is 12.6. The van der Waals surface area contributed by atoms with Crippen molar-refractivity contribution in [1.29, 1.82) is 0 Å². The summed E-state index contributed by atoms with van der Waals surface area (Å²) in [6.45, 7) is 0.585. The summed E-state index contributed by atoms with van der Waals surface area (Å²) in [7, 11) is 1.62. The highest BCUT2D eigenvalue weighted by Crippen LogP contribution is 2.29. The smallest absolute Gasteiger partial charge is 0.257 e. The number of nitrogens with one attached hydrogen (secondary N) is 1. The van der Waals surface area contributed by atoms with Crippen LogP contribution in [-0.2, 0) is 6.54 Å². The third-order valence-electron chi connectivity index (χ3n) is 4.78. The monoisotopic (exact) mass is 415 g/mol. The molecular weight excluding hydrogens is 398 g/mol. The molecular formula is C22H17N5O2S. The summed E-state index contributed by atoms with van der Waals surface area (Å²) in [5, 5.41) is 11.8. The summed E-state index contributed by atoms with van der Waals surface area (Å²) < 4.78 is 8.04. The number of benzene rings is 3. The van der Waals surface area contributed by atoms with Gasteiger partial charge in [-0.2, -0.15) is 0 Å². The zero-order valence-corrected chi connectivity index (χ0v) is 16.9. The van der Waals surface area contributed by atoms with E-state index in [1.165, 1.54) is 11.3 Å². The fraction of sp³-hybridized carbons (Fsp3) is 0.0909. The van der Waals surface area contributed by atoms with Gasteiger partial charge in [-0.1, -0.05) is 40.8 Å². The quantitative estimate of drug-likeness (QED) is 0.461. The molecule has 0 atom stereocenters. The SMILES string of the molecule is COc1ccc2nc(NC(=O)c3ccc(Cn4nnc5ccccc54)cc3)sc2c1. The Bertz CT molecular complexity index is 1360. The predicted octanol–water partition coefficient (Wildman–Crippen LogP) is 4.35. The van der Waals surface area contributed by atoms with Crippen molar-refractivity contribution in [3.8, 4) is 5.75 Å². The highest BCUT2D eigenvalue weighted by molar-refractivity contribution is 7.22. The first-order valence-corrected chi connectivity index (χ1v) is 10.1. The van der Waals surface area contributed by atoms with Gasteiger partial charge in [0.05, 0.1) is 29.4 Å². The van der Waals surface area contributed by atoms with Crippen molar-refractivity contribution in [3.63, 3.8) is 0 Å². The van der Waals surface area contributed by atoms with Crippen LogP contribution in [0.25, 0.3) is 21.3 Å². The molecule has 8 heteroatoms. The van der Waals surface area contributed by atoms with Crippen LogP contribution in [0.5, 0.6) is 5.75 Å². The van der Waals surface area contributed by atoms with Crippen LogP contribution in [-0.4, -0.2) is 33.0 Å². The van der Waals surface area contributed by atoms with Gasteiger partial charge in [0.1, 0.15) is 11.3 Å². The fourth-order valence-corrected chi connectivity index (χ4v) is 4.11. The molecule has 0 aliphatic carbocycles. The van der Waals surface area contributed by atoms with Gasteiger partial charge in [0.2, 0.25) is 0 Å². The maximum atomic E-state index is 12.6. The predicted molar refractivity (Wildman–Crippen MR) is 117 cm³/mol. The molecule has 0 saturated heterocycles. The Hall–Kier alpha value is -3.78. The zero-order valence-electron chi connectivity index (χ0n) is 16.1.